The largest absolute Gasteiger partial charge is 0.315 e. The molecule has 0 aliphatic carbocycles. The monoisotopic (exact) mass is 212 g/mol. The molecule has 0 amide bonds. The number of piperidine rings is 1. The minimum atomic E-state index is 0.893. The minimum Gasteiger partial charge on any atom is -0.315 e. The third-order valence-corrected chi connectivity index (χ3v) is 3.26. The third kappa shape index (κ3) is 5.53. The molecule has 0 aromatic rings. The van der Waals surface area contributed by atoms with E-state index in [4.69, 9.17) is 0 Å². The van der Waals surface area contributed by atoms with Gasteiger partial charge in [0.05, 0.1) is 0 Å². The van der Waals surface area contributed by atoms with E-state index in [-0.39, 0.29) is 0 Å². The average molecular weight is 212 g/mol. The Kier molecular flexibility index (Phi) is 6.26. The third-order valence-electron chi connectivity index (χ3n) is 3.26. The van der Waals surface area contributed by atoms with Gasteiger partial charge in [-0.15, -0.1) is 0 Å². The summed E-state index contributed by atoms with van der Waals surface area (Å²) in [7, 11) is 0. The second-order valence-corrected chi connectivity index (χ2v) is 5.31. The van der Waals surface area contributed by atoms with Crippen LogP contribution in [0, 0.1) is 11.8 Å². The molecule has 15 heavy (non-hydrogen) atoms. The fraction of sp³-hybridized carbons (Fsp3) is 1.00. The van der Waals surface area contributed by atoms with Crippen molar-refractivity contribution in [1.29, 1.82) is 0 Å². The first-order valence-corrected chi connectivity index (χ1v) is 6.65. The number of rotatable bonds is 6. The maximum absolute atomic E-state index is 3.52. The highest BCUT2D eigenvalue weighted by Gasteiger charge is 2.20. The summed E-state index contributed by atoms with van der Waals surface area (Å²) in [5.74, 6) is 1.79. The van der Waals surface area contributed by atoms with Crippen LogP contribution >= 0.6 is 0 Å². The lowest BCUT2D eigenvalue weighted by atomic mass is 9.92. The fourth-order valence-electron chi connectivity index (χ4n) is 2.64. The maximum Gasteiger partial charge on any atom is 0.0107 e. The molecule has 2 atom stereocenters. The van der Waals surface area contributed by atoms with Crippen LogP contribution < -0.4 is 5.32 Å². The molecule has 1 rings (SSSR count). The van der Waals surface area contributed by atoms with Gasteiger partial charge in [-0.2, -0.15) is 0 Å². The van der Waals surface area contributed by atoms with Gasteiger partial charge in [0.1, 0.15) is 0 Å². The highest BCUT2D eigenvalue weighted by Crippen LogP contribution is 2.20. The molecule has 1 heterocycles. The lowest BCUT2D eigenvalue weighted by Crippen LogP contribution is -2.42. The zero-order valence-electron chi connectivity index (χ0n) is 10.8. The molecule has 90 valence electrons. The predicted octanol–water partition coefficient (Wildman–Crippen LogP) is 2.35. The van der Waals surface area contributed by atoms with Gasteiger partial charge in [0, 0.05) is 26.2 Å². The fourth-order valence-corrected chi connectivity index (χ4v) is 2.64. The summed E-state index contributed by atoms with van der Waals surface area (Å²) in [5, 5.41) is 3.52. The molecule has 1 aliphatic heterocycles. The molecule has 0 saturated carbocycles. The standard InChI is InChI=1S/C13H28N2/c1-4-5-6-14-7-8-15-10-12(2)9-13(3)11-15/h12-14H,4-11H2,1-3H3. The van der Waals surface area contributed by atoms with Crippen molar-refractivity contribution in [1.82, 2.24) is 10.2 Å². The average Bonchev–Trinajstić information content (AvgIpc) is 2.16. The maximum atomic E-state index is 3.52. The van der Waals surface area contributed by atoms with E-state index in [0.29, 0.717) is 0 Å². The van der Waals surface area contributed by atoms with E-state index in [1.165, 1.54) is 52.0 Å². The summed E-state index contributed by atoms with van der Waals surface area (Å²) in [4.78, 5) is 2.62. The molecule has 2 unspecified atom stereocenters. The van der Waals surface area contributed by atoms with Crippen molar-refractivity contribution in [3.05, 3.63) is 0 Å². The van der Waals surface area contributed by atoms with Gasteiger partial charge in [0.2, 0.25) is 0 Å². The van der Waals surface area contributed by atoms with E-state index >= 15 is 0 Å². The second kappa shape index (κ2) is 7.24. The van der Waals surface area contributed by atoms with Crippen LogP contribution in [0.25, 0.3) is 0 Å². The van der Waals surface area contributed by atoms with Crippen molar-refractivity contribution in [2.45, 2.75) is 40.0 Å². The topological polar surface area (TPSA) is 15.3 Å². The number of unbranched alkanes of at least 4 members (excludes halogenated alkanes) is 1. The van der Waals surface area contributed by atoms with Gasteiger partial charge in [-0.3, -0.25) is 0 Å². The van der Waals surface area contributed by atoms with Gasteiger partial charge in [0.15, 0.2) is 0 Å². The number of nitrogens with one attached hydrogen (secondary N) is 1. The van der Waals surface area contributed by atoms with Crippen molar-refractivity contribution in [3.63, 3.8) is 0 Å². The molecular weight excluding hydrogens is 184 g/mol. The minimum absolute atomic E-state index is 0.893. The Bertz CT molecular complexity index is 149. The number of hydrogen-bond donors (Lipinski definition) is 1. The molecule has 1 aliphatic rings. The highest BCUT2D eigenvalue weighted by molar-refractivity contribution is 4.74. The van der Waals surface area contributed by atoms with Gasteiger partial charge >= 0.3 is 0 Å². The number of likely N-dealkylation sites (tertiary alicyclic amines) is 1. The number of nitrogens with zero attached hydrogens (tertiary/aromatic N) is 1. The van der Waals surface area contributed by atoms with Crippen molar-refractivity contribution in [2.24, 2.45) is 11.8 Å². The molecule has 0 radical (unpaired) electrons. The Labute approximate surface area is 95.4 Å². The lowest BCUT2D eigenvalue weighted by Gasteiger charge is -2.34. The molecule has 1 N–H and O–H groups in total. The van der Waals surface area contributed by atoms with Crippen molar-refractivity contribution >= 4 is 0 Å². The van der Waals surface area contributed by atoms with Gasteiger partial charge in [-0.25, -0.2) is 0 Å². The van der Waals surface area contributed by atoms with E-state index in [2.05, 4.69) is 31.0 Å². The first kappa shape index (κ1) is 13.0. The molecule has 2 heteroatoms. The van der Waals surface area contributed by atoms with Crippen LogP contribution in [0.15, 0.2) is 0 Å². The molecule has 0 spiro atoms. The first-order valence-electron chi connectivity index (χ1n) is 6.65. The van der Waals surface area contributed by atoms with E-state index in [1.54, 1.807) is 0 Å². The molecule has 0 aromatic carbocycles. The number of hydrogen-bond acceptors (Lipinski definition) is 2. The van der Waals surface area contributed by atoms with E-state index in [1.807, 2.05) is 0 Å². The van der Waals surface area contributed by atoms with E-state index < -0.39 is 0 Å². The quantitative estimate of drug-likeness (QED) is 0.680. The molecule has 0 bridgehead atoms. The molecule has 0 aromatic heterocycles. The zero-order valence-corrected chi connectivity index (χ0v) is 10.8. The van der Waals surface area contributed by atoms with Crippen LogP contribution in [-0.4, -0.2) is 37.6 Å². The summed E-state index contributed by atoms with van der Waals surface area (Å²) in [6.07, 6.45) is 4.03. The summed E-state index contributed by atoms with van der Waals surface area (Å²) < 4.78 is 0. The van der Waals surface area contributed by atoms with Crippen molar-refractivity contribution in [3.8, 4) is 0 Å². The smallest absolute Gasteiger partial charge is 0.0107 e. The summed E-state index contributed by atoms with van der Waals surface area (Å²) in [5.41, 5.74) is 0. The van der Waals surface area contributed by atoms with E-state index in [0.717, 1.165) is 11.8 Å². The van der Waals surface area contributed by atoms with Crippen molar-refractivity contribution in [2.75, 3.05) is 32.7 Å². The van der Waals surface area contributed by atoms with Crippen molar-refractivity contribution < 1.29 is 0 Å². The van der Waals surface area contributed by atoms with Crippen LogP contribution in [-0.2, 0) is 0 Å². The molecule has 1 fully saturated rings. The molecule has 1 saturated heterocycles. The zero-order chi connectivity index (χ0) is 11.1. The Morgan fingerprint density at radius 1 is 1.13 bits per heavy atom. The lowest BCUT2D eigenvalue weighted by molar-refractivity contribution is 0.142. The SMILES string of the molecule is CCCCNCCN1CC(C)CC(C)C1. The first-order chi connectivity index (χ1) is 7.22. The van der Waals surface area contributed by atoms with E-state index in [9.17, 15) is 0 Å². The van der Waals surface area contributed by atoms with Gasteiger partial charge in [0.25, 0.3) is 0 Å². The van der Waals surface area contributed by atoms with Crippen LogP contribution in [0.5, 0.6) is 0 Å². The predicted molar refractivity (Wildman–Crippen MR) is 67.2 cm³/mol. The Morgan fingerprint density at radius 3 is 2.40 bits per heavy atom. The van der Waals surface area contributed by atoms with Gasteiger partial charge in [-0.1, -0.05) is 27.2 Å². The van der Waals surface area contributed by atoms with Crippen LogP contribution in [0.3, 0.4) is 0 Å². The Morgan fingerprint density at radius 2 is 1.80 bits per heavy atom. The van der Waals surface area contributed by atoms with Crippen LogP contribution in [0.1, 0.15) is 40.0 Å². The van der Waals surface area contributed by atoms with Gasteiger partial charge in [-0.05, 0) is 31.2 Å². The normalized spacial score (nSPS) is 28.2. The van der Waals surface area contributed by atoms with Crippen LogP contribution in [0.4, 0.5) is 0 Å². The summed E-state index contributed by atoms with van der Waals surface area (Å²) >= 11 is 0. The summed E-state index contributed by atoms with van der Waals surface area (Å²) in [6, 6.07) is 0. The summed E-state index contributed by atoms with van der Waals surface area (Å²) in [6.45, 7) is 13.2. The Balaban J connectivity index is 2.04. The van der Waals surface area contributed by atoms with Crippen LogP contribution in [0.2, 0.25) is 0 Å². The second-order valence-electron chi connectivity index (χ2n) is 5.31. The highest BCUT2D eigenvalue weighted by atomic mass is 15.1. The van der Waals surface area contributed by atoms with Gasteiger partial charge < -0.3 is 10.2 Å². The Hall–Kier alpha value is -0.0800. The molecule has 2 nitrogen and oxygen atoms in total. The molecular formula is C13H28N2.